The van der Waals surface area contributed by atoms with E-state index in [0.717, 1.165) is 11.1 Å². The Morgan fingerprint density at radius 2 is 1.55 bits per heavy atom. The van der Waals surface area contributed by atoms with Crippen LogP contribution in [0.2, 0.25) is 5.02 Å². The monoisotopic (exact) mass is 292 g/mol. The highest BCUT2D eigenvalue weighted by Crippen LogP contribution is 2.39. The standard InChI is InChI=1S/C16H17ClO3/c1-10-11(6-4-7-12(10)17)16(18)15-13(19-2)8-5-9-14(15)20-3/h4-9,16,18H,1-3H3. The minimum atomic E-state index is -0.861. The van der Waals surface area contributed by atoms with Gasteiger partial charge in [0, 0.05) is 5.02 Å². The van der Waals surface area contributed by atoms with Gasteiger partial charge in [-0.15, -0.1) is 0 Å². The molecule has 106 valence electrons. The summed E-state index contributed by atoms with van der Waals surface area (Å²) in [6.45, 7) is 1.88. The van der Waals surface area contributed by atoms with E-state index in [1.807, 2.05) is 25.1 Å². The number of ether oxygens (including phenoxy) is 2. The zero-order valence-electron chi connectivity index (χ0n) is 11.7. The molecule has 0 aliphatic heterocycles. The van der Waals surface area contributed by atoms with Crippen LogP contribution < -0.4 is 9.47 Å². The van der Waals surface area contributed by atoms with E-state index in [2.05, 4.69) is 0 Å². The Bertz CT molecular complexity index is 588. The quantitative estimate of drug-likeness (QED) is 0.933. The second-order valence-electron chi connectivity index (χ2n) is 4.43. The molecule has 2 aromatic carbocycles. The van der Waals surface area contributed by atoms with Gasteiger partial charge in [0.05, 0.1) is 19.8 Å². The summed E-state index contributed by atoms with van der Waals surface area (Å²) in [5.74, 6) is 1.16. The predicted molar refractivity (Wildman–Crippen MR) is 79.8 cm³/mol. The third-order valence-corrected chi connectivity index (χ3v) is 3.75. The van der Waals surface area contributed by atoms with Gasteiger partial charge >= 0.3 is 0 Å². The number of hydrogen-bond acceptors (Lipinski definition) is 3. The van der Waals surface area contributed by atoms with Crippen molar-refractivity contribution >= 4 is 11.6 Å². The maximum absolute atomic E-state index is 10.7. The topological polar surface area (TPSA) is 38.7 Å². The van der Waals surface area contributed by atoms with Gasteiger partial charge in [-0.05, 0) is 36.2 Å². The molecule has 0 fully saturated rings. The number of rotatable bonds is 4. The molecule has 0 aromatic heterocycles. The van der Waals surface area contributed by atoms with Gasteiger partial charge in [0.25, 0.3) is 0 Å². The van der Waals surface area contributed by atoms with Crippen molar-refractivity contribution in [3.63, 3.8) is 0 Å². The van der Waals surface area contributed by atoms with E-state index in [4.69, 9.17) is 21.1 Å². The van der Waals surface area contributed by atoms with Crippen LogP contribution in [0.3, 0.4) is 0 Å². The third-order valence-electron chi connectivity index (χ3n) is 3.34. The largest absolute Gasteiger partial charge is 0.496 e. The lowest BCUT2D eigenvalue weighted by atomic mass is 9.96. The van der Waals surface area contributed by atoms with Crippen LogP contribution in [0, 0.1) is 6.92 Å². The molecule has 0 radical (unpaired) electrons. The fraction of sp³-hybridized carbons (Fsp3) is 0.250. The summed E-state index contributed by atoms with van der Waals surface area (Å²) in [5, 5.41) is 11.3. The predicted octanol–water partition coefficient (Wildman–Crippen LogP) is 3.75. The van der Waals surface area contributed by atoms with Crippen LogP contribution in [0.15, 0.2) is 36.4 Å². The van der Waals surface area contributed by atoms with Crippen LogP contribution >= 0.6 is 11.6 Å². The fourth-order valence-electron chi connectivity index (χ4n) is 2.23. The second-order valence-corrected chi connectivity index (χ2v) is 4.84. The van der Waals surface area contributed by atoms with Crippen molar-refractivity contribution < 1.29 is 14.6 Å². The van der Waals surface area contributed by atoms with Crippen LogP contribution in [0.1, 0.15) is 22.8 Å². The van der Waals surface area contributed by atoms with Crippen molar-refractivity contribution in [2.45, 2.75) is 13.0 Å². The van der Waals surface area contributed by atoms with Gasteiger partial charge in [0.2, 0.25) is 0 Å². The average Bonchev–Trinajstić information content (AvgIpc) is 2.48. The number of methoxy groups -OCH3 is 2. The van der Waals surface area contributed by atoms with Gasteiger partial charge in [0.15, 0.2) is 0 Å². The van der Waals surface area contributed by atoms with Crippen molar-refractivity contribution in [2.75, 3.05) is 14.2 Å². The van der Waals surface area contributed by atoms with E-state index in [9.17, 15) is 5.11 Å². The molecule has 2 rings (SSSR count). The maximum atomic E-state index is 10.7. The number of aliphatic hydroxyl groups is 1. The fourth-order valence-corrected chi connectivity index (χ4v) is 2.41. The van der Waals surface area contributed by atoms with E-state index >= 15 is 0 Å². The summed E-state index contributed by atoms with van der Waals surface area (Å²) in [5.41, 5.74) is 2.18. The van der Waals surface area contributed by atoms with Gasteiger partial charge in [-0.3, -0.25) is 0 Å². The average molecular weight is 293 g/mol. The summed E-state index contributed by atoms with van der Waals surface area (Å²) >= 11 is 6.12. The highest BCUT2D eigenvalue weighted by atomic mass is 35.5. The summed E-state index contributed by atoms with van der Waals surface area (Å²) in [7, 11) is 3.13. The lowest BCUT2D eigenvalue weighted by molar-refractivity contribution is 0.208. The van der Waals surface area contributed by atoms with Gasteiger partial charge in [-0.2, -0.15) is 0 Å². The Morgan fingerprint density at radius 3 is 2.10 bits per heavy atom. The number of hydrogen-bond donors (Lipinski definition) is 1. The van der Waals surface area contributed by atoms with Crippen molar-refractivity contribution in [2.24, 2.45) is 0 Å². The van der Waals surface area contributed by atoms with Crippen LogP contribution in [0.5, 0.6) is 11.5 Å². The molecule has 0 amide bonds. The first-order valence-corrected chi connectivity index (χ1v) is 6.62. The van der Waals surface area contributed by atoms with Gasteiger partial charge < -0.3 is 14.6 Å². The van der Waals surface area contributed by atoms with Crippen molar-refractivity contribution in [1.29, 1.82) is 0 Å². The van der Waals surface area contributed by atoms with E-state index in [1.165, 1.54) is 0 Å². The van der Waals surface area contributed by atoms with Gasteiger partial charge in [0.1, 0.15) is 17.6 Å². The SMILES string of the molecule is COc1cccc(OC)c1C(O)c1cccc(Cl)c1C. The Kier molecular flexibility index (Phi) is 4.53. The molecular weight excluding hydrogens is 276 g/mol. The minimum absolute atomic E-state index is 0.580. The van der Waals surface area contributed by atoms with E-state index < -0.39 is 6.10 Å². The summed E-state index contributed by atoms with van der Waals surface area (Å²) in [4.78, 5) is 0. The van der Waals surface area contributed by atoms with Crippen LogP contribution in [-0.2, 0) is 0 Å². The molecule has 1 atom stereocenters. The summed E-state index contributed by atoms with van der Waals surface area (Å²) < 4.78 is 10.7. The molecule has 0 heterocycles. The molecule has 2 aromatic rings. The first-order chi connectivity index (χ1) is 9.60. The Hall–Kier alpha value is -1.71. The number of aliphatic hydroxyl groups excluding tert-OH is 1. The lowest BCUT2D eigenvalue weighted by Gasteiger charge is -2.20. The van der Waals surface area contributed by atoms with E-state index in [-0.39, 0.29) is 0 Å². The molecule has 20 heavy (non-hydrogen) atoms. The van der Waals surface area contributed by atoms with Crippen LogP contribution in [0.25, 0.3) is 0 Å². The van der Waals surface area contributed by atoms with Crippen molar-refractivity contribution in [1.82, 2.24) is 0 Å². The minimum Gasteiger partial charge on any atom is -0.496 e. The summed E-state index contributed by atoms with van der Waals surface area (Å²) in [6.07, 6.45) is -0.861. The van der Waals surface area contributed by atoms with E-state index in [0.29, 0.717) is 22.1 Å². The first kappa shape index (κ1) is 14.7. The lowest BCUT2D eigenvalue weighted by Crippen LogP contribution is -2.06. The van der Waals surface area contributed by atoms with Crippen LogP contribution in [0.4, 0.5) is 0 Å². The molecule has 0 saturated carbocycles. The highest BCUT2D eigenvalue weighted by Gasteiger charge is 2.22. The third kappa shape index (κ3) is 2.60. The first-order valence-electron chi connectivity index (χ1n) is 6.24. The molecule has 4 heteroatoms. The molecule has 0 aliphatic carbocycles. The maximum Gasteiger partial charge on any atom is 0.128 e. The number of halogens is 1. The van der Waals surface area contributed by atoms with Crippen molar-refractivity contribution in [3.05, 3.63) is 58.1 Å². The smallest absolute Gasteiger partial charge is 0.128 e. The van der Waals surface area contributed by atoms with Crippen molar-refractivity contribution in [3.8, 4) is 11.5 Å². The summed E-state index contributed by atoms with van der Waals surface area (Å²) in [6, 6.07) is 10.9. The van der Waals surface area contributed by atoms with E-state index in [1.54, 1.807) is 32.4 Å². The molecule has 0 saturated heterocycles. The number of benzene rings is 2. The molecule has 0 aliphatic rings. The van der Waals surface area contributed by atoms with Gasteiger partial charge in [-0.25, -0.2) is 0 Å². The second kappa shape index (κ2) is 6.16. The molecule has 1 N–H and O–H groups in total. The molecule has 3 nitrogen and oxygen atoms in total. The Labute approximate surface area is 123 Å². The molecule has 0 bridgehead atoms. The van der Waals surface area contributed by atoms with Gasteiger partial charge in [-0.1, -0.05) is 29.8 Å². The zero-order valence-corrected chi connectivity index (χ0v) is 12.4. The normalized spacial score (nSPS) is 12.1. The molecule has 1 unspecified atom stereocenters. The Morgan fingerprint density at radius 1 is 1.00 bits per heavy atom. The highest BCUT2D eigenvalue weighted by molar-refractivity contribution is 6.31. The Balaban J connectivity index is 2.58. The zero-order chi connectivity index (χ0) is 14.7. The van der Waals surface area contributed by atoms with Crippen LogP contribution in [-0.4, -0.2) is 19.3 Å². The molecular formula is C16H17ClO3. The molecule has 0 spiro atoms.